The number of thioether (sulfide) groups is 1. The number of sulfonamides is 1. The summed E-state index contributed by atoms with van der Waals surface area (Å²) in [6.45, 7) is 0. The van der Waals surface area contributed by atoms with E-state index in [9.17, 15) is 8.42 Å². The van der Waals surface area contributed by atoms with E-state index >= 15 is 0 Å². The predicted octanol–water partition coefficient (Wildman–Crippen LogP) is 4.34. The molecule has 6 nitrogen and oxygen atoms in total. The van der Waals surface area contributed by atoms with E-state index in [2.05, 4.69) is 4.98 Å². The Kier molecular flexibility index (Phi) is 7.43. The van der Waals surface area contributed by atoms with Gasteiger partial charge in [0.05, 0.1) is 19.2 Å². The van der Waals surface area contributed by atoms with Gasteiger partial charge in [0.25, 0.3) is 0 Å². The van der Waals surface area contributed by atoms with Crippen LogP contribution in [0.15, 0.2) is 46.5 Å². The lowest BCUT2D eigenvalue weighted by Gasteiger charge is -2.30. The van der Waals surface area contributed by atoms with E-state index in [1.165, 1.54) is 28.7 Å². The Bertz CT molecular complexity index is 911. The third kappa shape index (κ3) is 5.24. The maximum atomic E-state index is 12.9. The first-order valence-electron chi connectivity index (χ1n) is 9.73. The molecule has 0 N–H and O–H groups in total. The zero-order valence-corrected chi connectivity index (χ0v) is 18.8. The van der Waals surface area contributed by atoms with E-state index in [-0.39, 0.29) is 10.9 Å². The summed E-state index contributed by atoms with van der Waals surface area (Å²) < 4.78 is 38.1. The molecule has 0 atom stereocenters. The van der Waals surface area contributed by atoms with Gasteiger partial charge in [0.15, 0.2) is 0 Å². The number of pyridine rings is 1. The average molecular weight is 437 g/mol. The summed E-state index contributed by atoms with van der Waals surface area (Å²) >= 11 is 1.52. The molecular formula is C21H28N2O4S2. The van der Waals surface area contributed by atoms with E-state index in [0.717, 1.165) is 47.8 Å². The molecule has 1 aromatic heterocycles. The second-order valence-corrected chi connectivity index (χ2v) is 10.1. The van der Waals surface area contributed by atoms with Gasteiger partial charge in [-0.25, -0.2) is 13.4 Å². The highest BCUT2D eigenvalue weighted by molar-refractivity contribution is 7.98. The molecule has 8 heteroatoms. The molecule has 0 aliphatic heterocycles. The van der Waals surface area contributed by atoms with Gasteiger partial charge in [-0.05, 0) is 43.2 Å². The second kappa shape index (κ2) is 9.82. The van der Waals surface area contributed by atoms with E-state index < -0.39 is 10.0 Å². The van der Waals surface area contributed by atoms with Crippen LogP contribution in [0.3, 0.4) is 0 Å². The topological polar surface area (TPSA) is 68.7 Å². The Balaban J connectivity index is 1.68. The SMILES string of the molecule is COc1ccc(OC)c(CSc2ccc(S(=O)(=O)N(C)C3CCCCC3)cn2)c1. The van der Waals surface area contributed by atoms with E-state index in [0.29, 0.717) is 5.75 Å². The molecule has 1 aliphatic carbocycles. The molecule has 29 heavy (non-hydrogen) atoms. The van der Waals surface area contributed by atoms with Crippen molar-refractivity contribution < 1.29 is 17.9 Å². The molecule has 0 unspecified atom stereocenters. The summed E-state index contributed by atoms with van der Waals surface area (Å²) in [5.41, 5.74) is 0.993. The normalized spacial score (nSPS) is 15.4. The van der Waals surface area contributed by atoms with Crippen LogP contribution >= 0.6 is 11.8 Å². The van der Waals surface area contributed by atoms with Crippen LogP contribution in [0.2, 0.25) is 0 Å². The Morgan fingerprint density at radius 3 is 2.48 bits per heavy atom. The van der Waals surface area contributed by atoms with Crippen LogP contribution < -0.4 is 9.47 Å². The predicted molar refractivity (Wildman–Crippen MR) is 115 cm³/mol. The maximum Gasteiger partial charge on any atom is 0.244 e. The monoisotopic (exact) mass is 436 g/mol. The van der Waals surface area contributed by atoms with Crippen molar-refractivity contribution in [2.24, 2.45) is 0 Å². The fourth-order valence-electron chi connectivity index (χ4n) is 3.56. The molecule has 3 rings (SSSR count). The maximum absolute atomic E-state index is 12.9. The number of nitrogens with zero attached hydrogens (tertiary/aromatic N) is 2. The van der Waals surface area contributed by atoms with E-state index in [1.54, 1.807) is 33.4 Å². The lowest BCUT2D eigenvalue weighted by Crippen LogP contribution is -2.38. The number of hydrogen-bond acceptors (Lipinski definition) is 6. The van der Waals surface area contributed by atoms with Gasteiger partial charge in [-0.2, -0.15) is 4.31 Å². The van der Waals surface area contributed by atoms with Crippen molar-refractivity contribution >= 4 is 21.8 Å². The minimum atomic E-state index is -3.52. The molecule has 1 aliphatic rings. The minimum absolute atomic E-state index is 0.0864. The molecule has 2 aromatic rings. The van der Waals surface area contributed by atoms with Crippen LogP contribution in [0, 0.1) is 0 Å². The van der Waals surface area contributed by atoms with Crippen molar-refractivity contribution in [1.29, 1.82) is 0 Å². The number of hydrogen-bond donors (Lipinski definition) is 0. The van der Waals surface area contributed by atoms with Crippen molar-refractivity contribution in [3.8, 4) is 11.5 Å². The third-order valence-electron chi connectivity index (χ3n) is 5.34. The van der Waals surface area contributed by atoms with Crippen LogP contribution in [0.5, 0.6) is 11.5 Å². The zero-order valence-electron chi connectivity index (χ0n) is 17.1. The lowest BCUT2D eigenvalue weighted by atomic mass is 9.96. The Morgan fingerprint density at radius 1 is 1.10 bits per heavy atom. The summed E-state index contributed by atoms with van der Waals surface area (Å²) in [4.78, 5) is 4.62. The van der Waals surface area contributed by atoms with Gasteiger partial charge in [0.2, 0.25) is 10.0 Å². The van der Waals surface area contributed by atoms with Gasteiger partial charge in [0, 0.05) is 30.6 Å². The fourth-order valence-corrected chi connectivity index (χ4v) is 5.74. The summed E-state index contributed by atoms with van der Waals surface area (Å²) in [7, 11) is 1.43. The van der Waals surface area contributed by atoms with Crippen molar-refractivity contribution in [3.63, 3.8) is 0 Å². The molecule has 0 saturated heterocycles. The number of rotatable bonds is 8. The average Bonchev–Trinajstić information content (AvgIpc) is 2.77. The zero-order chi connectivity index (χ0) is 20.9. The second-order valence-electron chi connectivity index (χ2n) is 7.11. The van der Waals surface area contributed by atoms with E-state index in [4.69, 9.17) is 9.47 Å². The molecule has 1 saturated carbocycles. The van der Waals surface area contributed by atoms with Crippen LogP contribution in [-0.4, -0.2) is 45.0 Å². The highest BCUT2D eigenvalue weighted by Gasteiger charge is 2.29. The number of aromatic nitrogens is 1. The number of ether oxygens (including phenoxy) is 2. The van der Waals surface area contributed by atoms with Crippen molar-refractivity contribution in [1.82, 2.24) is 9.29 Å². The first-order chi connectivity index (χ1) is 14.0. The summed E-state index contributed by atoms with van der Waals surface area (Å²) in [6, 6.07) is 9.16. The summed E-state index contributed by atoms with van der Waals surface area (Å²) in [6.07, 6.45) is 6.69. The smallest absolute Gasteiger partial charge is 0.244 e. The minimum Gasteiger partial charge on any atom is -0.497 e. The summed E-state index contributed by atoms with van der Waals surface area (Å²) in [5.74, 6) is 2.19. The Morgan fingerprint density at radius 2 is 1.86 bits per heavy atom. The first-order valence-corrected chi connectivity index (χ1v) is 12.2. The molecule has 0 amide bonds. The Hall–Kier alpha value is -1.77. The van der Waals surface area contributed by atoms with Gasteiger partial charge in [-0.15, -0.1) is 11.8 Å². The first kappa shape index (κ1) is 21.9. The highest BCUT2D eigenvalue weighted by Crippen LogP contribution is 2.31. The number of benzene rings is 1. The van der Waals surface area contributed by atoms with Gasteiger partial charge >= 0.3 is 0 Å². The van der Waals surface area contributed by atoms with Crippen LogP contribution in [-0.2, 0) is 15.8 Å². The largest absolute Gasteiger partial charge is 0.497 e. The Labute approximate surface area is 177 Å². The fraction of sp³-hybridized carbons (Fsp3) is 0.476. The van der Waals surface area contributed by atoms with Crippen LogP contribution in [0.4, 0.5) is 0 Å². The van der Waals surface area contributed by atoms with E-state index in [1.807, 2.05) is 18.2 Å². The third-order valence-corrected chi connectivity index (χ3v) is 8.22. The van der Waals surface area contributed by atoms with Gasteiger partial charge in [-0.3, -0.25) is 0 Å². The molecular weight excluding hydrogens is 408 g/mol. The van der Waals surface area contributed by atoms with Gasteiger partial charge < -0.3 is 9.47 Å². The van der Waals surface area contributed by atoms with Crippen molar-refractivity contribution in [3.05, 3.63) is 42.1 Å². The molecule has 0 bridgehead atoms. The quantitative estimate of drug-likeness (QED) is 0.573. The van der Waals surface area contributed by atoms with Crippen LogP contribution in [0.1, 0.15) is 37.7 Å². The summed E-state index contributed by atoms with van der Waals surface area (Å²) in [5, 5.41) is 0.758. The molecule has 1 heterocycles. The molecule has 0 radical (unpaired) electrons. The molecule has 158 valence electrons. The lowest BCUT2D eigenvalue weighted by molar-refractivity contribution is 0.285. The van der Waals surface area contributed by atoms with Gasteiger partial charge in [-0.1, -0.05) is 19.3 Å². The standard InChI is InChI=1S/C21H28N2O4S2/c1-23(17-7-5-4-6-8-17)29(24,25)19-10-12-21(22-14-19)28-15-16-13-18(26-2)9-11-20(16)27-3/h9-14,17H,4-8,15H2,1-3H3. The highest BCUT2D eigenvalue weighted by atomic mass is 32.2. The molecule has 1 aromatic carbocycles. The van der Waals surface area contributed by atoms with Crippen LogP contribution in [0.25, 0.3) is 0 Å². The number of methoxy groups -OCH3 is 2. The molecule has 0 spiro atoms. The van der Waals surface area contributed by atoms with Crippen molar-refractivity contribution in [2.45, 2.75) is 53.8 Å². The van der Waals surface area contributed by atoms with Gasteiger partial charge in [0.1, 0.15) is 16.4 Å². The van der Waals surface area contributed by atoms with Crippen molar-refractivity contribution in [2.75, 3.05) is 21.3 Å². The molecule has 1 fully saturated rings.